The van der Waals surface area contributed by atoms with Crippen molar-refractivity contribution in [2.24, 2.45) is 5.92 Å². The summed E-state index contributed by atoms with van der Waals surface area (Å²) in [6.45, 7) is 0. The first kappa shape index (κ1) is 19.5. The number of anilines is 1. The summed E-state index contributed by atoms with van der Waals surface area (Å²) in [5, 5.41) is 14.5. The van der Waals surface area contributed by atoms with Crippen molar-refractivity contribution >= 4 is 17.4 Å². The number of ketones is 1. The number of rotatable bonds is 4. The summed E-state index contributed by atoms with van der Waals surface area (Å²) in [5.74, 6) is -2.39. The minimum absolute atomic E-state index is 0.402. The molecule has 6 nitrogen and oxygen atoms in total. The quantitative estimate of drug-likeness (QED) is 0.739. The summed E-state index contributed by atoms with van der Waals surface area (Å²) in [6, 6.07) is 10.9. The van der Waals surface area contributed by atoms with Gasteiger partial charge in [-0.2, -0.15) is 5.26 Å². The largest absolute Gasteiger partial charge is 0.325 e. The highest BCUT2D eigenvalue weighted by atomic mass is 16.2. The monoisotopic (exact) mass is 412 g/mol. The Bertz CT molecular complexity index is 1140. The molecule has 0 aromatic heterocycles. The van der Waals surface area contributed by atoms with Crippen LogP contribution in [0.3, 0.4) is 0 Å². The number of nitriles is 1. The van der Waals surface area contributed by atoms with Crippen LogP contribution in [0.15, 0.2) is 76.5 Å². The molecule has 2 unspecified atom stereocenters. The fourth-order valence-electron chi connectivity index (χ4n) is 5.33. The van der Waals surface area contributed by atoms with Crippen LogP contribution in [-0.4, -0.2) is 29.3 Å². The first-order valence-corrected chi connectivity index (χ1v) is 10.8. The maximum Gasteiger partial charge on any atom is 0.249 e. The minimum atomic E-state index is -1.40. The number of nitrogens with zero attached hydrogens (tertiary/aromatic N) is 2. The Balaban J connectivity index is 1.58. The number of hydrogen-bond acceptors (Lipinski definition) is 5. The fraction of sp³-hybridized carbons (Fsp3) is 0.320. The molecule has 31 heavy (non-hydrogen) atoms. The molecule has 1 amide bonds. The van der Waals surface area contributed by atoms with Gasteiger partial charge < -0.3 is 10.3 Å². The minimum Gasteiger partial charge on any atom is -0.325 e. The highest BCUT2D eigenvalue weighted by molar-refractivity contribution is 6.18. The van der Waals surface area contributed by atoms with Gasteiger partial charge in [0, 0.05) is 23.9 Å². The normalized spacial score (nSPS) is 24.8. The predicted molar refractivity (Wildman–Crippen MR) is 117 cm³/mol. The Labute approximate surface area is 181 Å². The zero-order chi connectivity index (χ0) is 21.6. The number of carbonyl (C=O) groups excluding carboxylic acids is 2. The van der Waals surface area contributed by atoms with Gasteiger partial charge in [-0.3, -0.25) is 9.59 Å². The molecule has 156 valence electrons. The highest BCUT2D eigenvalue weighted by Gasteiger charge is 2.55. The lowest BCUT2D eigenvalue weighted by Gasteiger charge is -2.28. The fourth-order valence-corrected chi connectivity index (χ4v) is 5.33. The van der Waals surface area contributed by atoms with E-state index in [-0.39, 0.29) is 0 Å². The third kappa shape index (κ3) is 2.88. The van der Waals surface area contributed by atoms with Gasteiger partial charge in [0.15, 0.2) is 11.7 Å². The van der Waals surface area contributed by atoms with Crippen LogP contribution in [0, 0.1) is 17.2 Å². The van der Waals surface area contributed by atoms with Gasteiger partial charge in [-0.25, -0.2) is 5.43 Å². The van der Waals surface area contributed by atoms with Crippen molar-refractivity contribution in [3.05, 3.63) is 76.5 Å². The maximum atomic E-state index is 13.8. The van der Waals surface area contributed by atoms with Gasteiger partial charge >= 0.3 is 0 Å². The number of benzene rings is 1. The molecule has 1 aliphatic heterocycles. The van der Waals surface area contributed by atoms with Gasteiger partial charge in [0.25, 0.3) is 0 Å². The van der Waals surface area contributed by atoms with Crippen LogP contribution in [0.1, 0.15) is 32.1 Å². The summed E-state index contributed by atoms with van der Waals surface area (Å²) in [7, 11) is 1.94. The first-order chi connectivity index (χ1) is 15.1. The standard InChI is InChI=1S/C25H24N4O2/c1-29-20-13-8-14-25(28-29)19-12-7-3-6-11-17(19)21(22(20)25)23(30)18(15-26)24(31)27-16-9-4-2-5-10-16/h2,4-5,8-10,13-14,18,28H,3,6-7,11-12H2,1H3,(H,27,31). The average molecular weight is 412 g/mol. The number of nitrogens with one attached hydrogen (secondary N) is 2. The molecule has 1 aromatic carbocycles. The van der Waals surface area contributed by atoms with E-state index in [0.29, 0.717) is 11.3 Å². The molecule has 2 bridgehead atoms. The number of Topliss-reactive ketones (excluding diaryl/α,β-unsaturated/α-hetero) is 1. The zero-order valence-corrected chi connectivity index (χ0v) is 17.4. The van der Waals surface area contributed by atoms with Crippen LogP contribution < -0.4 is 10.7 Å². The van der Waals surface area contributed by atoms with Gasteiger partial charge in [0.2, 0.25) is 5.91 Å². The number of likely N-dealkylation sites (N-methyl/N-ethyl adjacent to an activating group) is 1. The molecule has 4 aliphatic rings. The summed E-state index contributed by atoms with van der Waals surface area (Å²) in [4.78, 5) is 26.7. The van der Waals surface area contributed by atoms with Crippen LogP contribution in [0.2, 0.25) is 0 Å². The summed E-state index contributed by atoms with van der Waals surface area (Å²) in [6.07, 6.45) is 11.0. The number of amides is 1. The Kier molecular flexibility index (Phi) is 4.64. The van der Waals surface area contributed by atoms with Gasteiger partial charge in [-0.15, -0.1) is 0 Å². The molecular formula is C25H24N4O2. The van der Waals surface area contributed by atoms with Crippen LogP contribution in [0.4, 0.5) is 5.69 Å². The van der Waals surface area contributed by atoms with E-state index in [4.69, 9.17) is 0 Å². The molecule has 0 spiro atoms. The molecule has 1 heterocycles. The Hall–Kier alpha value is -3.43. The topological polar surface area (TPSA) is 85.2 Å². The zero-order valence-electron chi connectivity index (χ0n) is 17.4. The molecule has 1 saturated heterocycles. The van der Waals surface area contributed by atoms with Crippen molar-refractivity contribution in [2.75, 3.05) is 12.4 Å². The molecule has 1 fully saturated rings. The number of hydrogen-bond donors (Lipinski definition) is 2. The third-order valence-electron chi connectivity index (χ3n) is 6.64. The SMILES string of the molecule is CN1NC23C=CC=C1C2=C(C(=O)C(C#N)C(=O)Nc1ccccc1)C1=C3CCCCC1. The Morgan fingerprint density at radius 1 is 1.19 bits per heavy atom. The first-order valence-electron chi connectivity index (χ1n) is 10.8. The van der Waals surface area contributed by atoms with Gasteiger partial charge in [0.1, 0.15) is 5.54 Å². The molecule has 0 saturated carbocycles. The highest BCUT2D eigenvalue weighted by Crippen LogP contribution is 2.54. The van der Waals surface area contributed by atoms with E-state index in [1.54, 1.807) is 24.3 Å². The summed E-state index contributed by atoms with van der Waals surface area (Å²) < 4.78 is 0. The van der Waals surface area contributed by atoms with E-state index < -0.39 is 23.1 Å². The van der Waals surface area contributed by atoms with E-state index in [0.717, 1.165) is 48.9 Å². The number of allylic oxidation sites excluding steroid dienone is 4. The summed E-state index contributed by atoms with van der Waals surface area (Å²) >= 11 is 0. The van der Waals surface area contributed by atoms with Gasteiger partial charge in [0.05, 0.1) is 11.8 Å². The number of carbonyl (C=O) groups is 2. The smallest absolute Gasteiger partial charge is 0.249 e. The van der Waals surface area contributed by atoms with Crippen molar-refractivity contribution in [1.29, 1.82) is 5.26 Å². The van der Waals surface area contributed by atoms with Crippen molar-refractivity contribution in [3.63, 3.8) is 0 Å². The maximum absolute atomic E-state index is 13.8. The lowest BCUT2D eigenvalue weighted by molar-refractivity contribution is -0.126. The van der Waals surface area contributed by atoms with Crippen molar-refractivity contribution in [1.82, 2.24) is 10.4 Å². The predicted octanol–water partition coefficient (Wildman–Crippen LogP) is 3.55. The summed E-state index contributed by atoms with van der Waals surface area (Å²) in [5.41, 5.74) is 8.25. The molecule has 6 heteroatoms. The number of para-hydroxylation sites is 1. The van der Waals surface area contributed by atoms with Gasteiger partial charge in [-0.05, 0) is 55.0 Å². The number of hydrazine groups is 1. The van der Waals surface area contributed by atoms with E-state index >= 15 is 0 Å². The van der Waals surface area contributed by atoms with Gasteiger partial charge in [-0.1, -0.05) is 36.8 Å². The van der Waals surface area contributed by atoms with E-state index in [9.17, 15) is 14.9 Å². The average Bonchev–Trinajstić information content (AvgIpc) is 2.97. The van der Waals surface area contributed by atoms with Crippen molar-refractivity contribution in [3.8, 4) is 6.07 Å². The molecule has 2 atom stereocenters. The van der Waals surface area contributed by atoms with E-state index in [1.165, 1.54) is 5.57 Å². The second kappa shape index (κ2) is 7.36. The van der Waals surface area contributed by atoms with Crippen molar-refractivity contribution < 1.29 is 9.59 Å². The third-order valence-corrected chi connectivity index (χ3v) is 6.64. The van der Waals surface area contributed by atoms with E-state index in [2.05, 4.69) is 16.8 Å². The van der Waals surface area contributed by atoms with Crippen LogP contribution in [0.5, 0.6) is 0 Å². The Morgan fingerprint density at radius 2 is 1.97 bits per heavy atom. The molecule has 3 aliphatic carbocycles. The second-order valence-corrected chi connectivity index (χ2v) is 8.44. The molecule has 0 radical (unpaired) electrons. The van der Waals surface area contributed by atoms with Crippen LogP contribution >= 0.6 is 0 Å². The van der Waals surface area contributed by atoms with Crippen LogP contribution in [0.25, 0.3) is 0 Å². The molecule has 1 aromatic rings. The lowest BCUT2D eigenvalue weighted by atomic mass is 9.80. The van der Waals surface area contributed by atoms with Crippen molar-refractivity contribution in [2.45, 2.75) is 37.6 Å². The second-order valence-electron chi connectivity index (χ2n) is 8.44. The van der Waals surface area contributed by atoms with Crippen LogP contribution in [-0.2, 0) is 9.59 Å². The molecule has 2 N–H and O–H groups in total. The lowest BCUT2D eigenvalue weighted by Crippen LogP contribution is -2.44. The van der Waals surface area contributed by atoms with E-state index in [1.807, 2.05) is 36.3 Å². The molecule has 5 rings (SSSR count). The Morgan fingerprint density at radius 3 is 2.74 bits per heavy atom. The molecular weight excluding hydrogens is 388 g/mol.